The first-order chi connectivity index (χ1) is 7.90. The van der Waals surface area contributed by atoms with Crippen LogP contribution in [0, 0.1) is 0 Å². The highest BCUT2D eigenvalue weighted by molar-refractivity contribution is 5.27. The molecule has 5 nitrogen and oxygen atoms in total. The van der Waals surface area contributed by atoms with Gasteiger partial charge in [-0.05, 0) is 6.92 Å². The Balaban J connectivity index is 2.04. The van der Waals surface area contributed by atoms with Gasteiger partial charge in [-0.2, -0.15) is 0 Å². The number of nitrogens with zero attached hydrogens (tertiary/aromatic N) is 3. The summed E-state index contributed by atoms with van der Waals surface area (Å²) in [5.41, 5.74) is 3.55. The van der Waals surface area contributed by atoms with Gasteiger partial charge in [0.05, 0.1) is 36.3 Å². The molecule has 3 rings (SSSR count). The Morgan fingerprint density at radius 1 is 1.56 bits per heavy atom. The van der Waals surface area contributed by atoms with Gasteiger partial charge < -0.3 is 14.9 Å². The van der Waals surface area contributed by atoms with Crippen LogP contribution in [0.4, 0.5) is 0 Å². The van der Waals surface area contributed by atoms with Gasteiger partial charge in [0.2, 0.25) is 0 Å². The van der Waals surface area contributed by atoms with E-state index >= 15 is 0 Å². The first kappa shape index (κ1) is 9.59. The average molecular weight is 217 g/mol. The summed E-state index contributed by atoms with van der Waals surface area (Å²) in [5.74, 6) is 0. The third kappa shape index (κ3) is 1.36. The van der Waals surface area contributed by atoms with Crippen LogP contribution in [0.1, 0.15) is 30.0 Å². The minimum atomic E-state index is 0.178. The predicted octanol–water partition coefficient (Wildman–Crippen LogP) is 0.861. The maximum atomic E-state index is 4.41. The Morgan fingerprint density at radius 3 is 3.38 bits per heavy atom. The van der Waals surface area contributed by atoms with Gasteiger partial charge in [-0.1, -0.05) is 0 Å². The summed E-state index contributed by atoms with van der Waals surface area (Å²) < 4.78 is 2.15. The lowest BCUT2D eigenvalue weighted by molar-refractivity contribution is 0.520. The highest BCUT2D eigenvalue weighted by atomic mass is 15.1. The lowest BCUT2D eigenvalue weighted by atomic mass is 10.0. The van der Waals surface area contributed by atoms with Gasteiger partial charge in [0, 0.05) is 25.2 Å². The summed E-state index contributed by atoms with van der Waals surface area (Å²) in [6.45, 7) is 4.04. The molecule has 0 radical (unpaired) electrons. The second-order valence-electron chi connectivity index (χ2n) is 4.01. The smallest absolute Gasteiger partial charge is 0.0948 e. The second kappa shape index (κ2) is 3.75. The molecule has 2 N–H and O–H groups in total. The lowest BCUT2D eigenvalue weighted by Crippen LogP contribution is -2.32. The van der Waals surface area contributed by atoms with E-state index < -0.39 is 0 Å². The van der Waals surface area contributed by atoms with E-state index in [1.165, 1.54) is 11.4 Å². The van der Waals surface area contributed by atoms with Crippen molar-refractivity contribution >= 4 is 0 Å². The molecule has 2 aromatic heterocycles. The Kier molecular flexibility index (Phi) is 2.25. The third-order valence-electron chi connectivity index (χ3n) is 3.13. The number of rotatable bonds is 2. The van der Waals surface area contributed by atoms with Crippen LogP contribution in [0.3, 0.4) is 0 Å². The molecule has 1 aliphatic rings. The second-order valence-corrected chi connectivity index (χ2v) is 4.01. The summed E-state index contributed by atoms with van der Waals surface area (Å²) >= 11 is 0. The molecule has 1 atom stereocenters. The molecule has 0 bridgehead atoms. The summed E-state index contributed by atoms with van der Waals surface area (Å²) in [6, 6.07) is 0.178. The summed E-state index contributed by atoms with van der Waals surface area (Å²) in [4.78, 5) is 11.8. The number of aromatic amines is 1. The van der Waals surface area contributed by atoms with Crippen LogP contribution < -0.4 is 5.32 Å². The number of H-pyrrole nitrogens is 1. The van der Waals surface area contributed by atoms with Crippen molar-refractivity contribution in [2.75, 3.05) is 6.54 Å². The Labute approximate surface area is 93.9 Å². The van der Waals surface area contributed by atoms with Gasteiger partial charge in [0.25, 0.3) is 0 Å². The highest BCUT2D eigenvalue weighted by Crippen LogP contribution is 2.25. The van der Waals surface area contributed by atoms with Gasteiger partial charge in [-0.15, -0.1) is 0 Å². The standard InChI is InChI=1S/C11H15N5/c1-2-16-7-12-5-9(16)11-10-8(3-4-13-11)14-6-15-10/h5-7,11,13H,2-4H2,1H3,(H,14,15). The Hall–Kier alpha value is -1.62. The molecule has 5 heteroatoms. The number of imidazole rings is 2. The molecule has 0 saturated carbocycles. The van der Waals surface area contributed by atoms with Gasteiger partial charge in [0.1, 0.15) is 0 Å². The fourth-order valence-corrected chi connectivity index (χ4v) is 2.30. The molecule has 2 aromatic rings. The number of aromatic nitrogens is 4. The molecule has 0 saturated heterocycles. The summed E-state index contributed by atoms with van der Waals surface area (Å²) in [7, 11) is 0. The predicted molar refractivity (Wildman–Crippen MR) is 60.0 cm³/mol. The van der Waals surface area contributed by atoms with Gasteiger partial charge in [-0.25, -0.2) is 9.97 Å². The summed E-state index contributed by atoms with van der Waals surface area (Å²) in [5, 5.41) is 3.50. The van der Waals surface area contributed by atoms with Crippen molar-refractivity contribution in [1.29, 1.82) is 0 Å². The number of hydrogen-bond donors (Lipinski definition) is 2. The van der Waals surface area contributed by atoms with Crippen LogP contribution in [0.25, 0.3) is 0 Å². The SMILES string of the molecule is CCn1cncc1C1NCCc2[nH]cnc21. The van der Waals surface area contributed by atoms with Crippen LogP contribution in [-0.2, 0) is 13.0 Å². The topological polar surface area (TPSA) is 58.5 Å². The third-order valence-corrected chi connectivity index (χ3v) is 3.13. The quantitative estimate of drug-likeness (QED) is 0.784. The van der Waals surface area contributed by atoms with E-state index in [-0.39, 0.29) is 6.04 Å². The van der Waals surface area contributed by atoms with Gasteiger partial charge in [0.15, 0.2) is 0 Å². The maximum absolute atomic E-state index is 4.41. The molecular weight excluding hydrogens is 202 g/mol. The van der Waals surface area contributed by atoms with Crippen molar-refractivity contribution in [3.63, 3.8) is 0 Å². The molecule has 1 aliphatic heterocycles. The monoisotopic (exact) mass is 217 g/mol. The van der Waals surface area contributed by atoms with Crippen molar-refractivity contribution < 1.29 is 0 Å². The summed E-state index contributed by atoms with van der Waals surface area (Å²) in [6.07, 6.45) is 6.59. The van der Waals surface area contributed by atoms with Crippen molar-refractivity contribution in [3.8, 4) is 0 Å². The Bertz CT molecular complexity index is 484. The van der Waals surface area contributed by atoms with E-state index in [1.54, 1.807) is 6.33 Å². The largest absolute Gasteiger partial charge is 0.348 e. The molecule has 0 fully saturated rings. The zero-order valence-corrected chi connectivity index (χ0v) is 9.27. The van der Waals surface area contributed by atoms with Crippen LogP contribution in [0.15, 0.2) is 18.9 Å². The fourth-order valence-electron chi connectivity index (χ4n) is 2.30. The van der Waals surface area contributed by atoms with E-state index in [9.17, 15) is 0 Å². The van der Waals surface area contributed by atoms with Crippen molar-refractivity contribution in [3.05, 3.63) is 35.9 Å². The van der Waals surface area contributed by atoms with Crippen LogP contribution in [-0.4, -0.2) is 26.1 Å². The molecule has 84 valence electrons. The van der Waals surface area contributed by atoms with Crippen LogP contribution >= 0.6 is 0 Å². The number of hydrogen-bond acceptors (Lipinski definition) is 3. The minimum absolute atomic E-state index is 0.178. The van der Waals surface area contributed by atoms with E-state index in [4.69, 9.17) is 0 Å². The lowest BCUT2D eigenvalue weighted by Gasteiger charge is -2.23. The zero-order chi connectivity index (χ0) is 11.0. The van der Waals surface area contributed by atoms with E-state index in [2.05, 4.69) is 31.8 Å². The minimum Gasteiger partial charge on any atom is -0.348 e. The highest BCUT2D eigenvalue weighted by Gasteiger charge is 2.25. The molecule has 0 spiro atoms. The van der Waals surface area contributed by atoms with E-state index in [1.807, 2.05) is 12.5 Å². The molecule has 16 heavy (non-hydrogen) atoms. The molecule has 0 aromatic carbocycles. The van der Waals surface area contributed by atoms with E-state index in [0.717, 1.165) is 25.2 Å². The number of fused-ring (bicyclic) bond motifs is 1. The fraction of sp³-hybridized carbons (Fsp3) is 0.455. The first-order valence-corrected chi connectivity index (χ1v) is 5.65. The number of aryl methyl sites for hydroxylation is 1. The molecule has 0 aliphatic carbocycles. The zero-order valence-electron chi connectivity index (χ0n) is 9.27. The van der Waals surface area contributed by atoms with Gasteiger partial charge >= 0.3 is 0 Å². The average Bonchev–Trinajstić information content (AvgIpc) is 2.96. The van der Waals surface area contributed by atoms with Crippen LogP contribution in [0.2, 0.25) is 0 Å². The molecule has 0 amide bonds. The number of nitrogens with one attached hydrogen (secondary N) is 2. The van der Waals surface area contributed by atoms with Gasteiger partial charge in [-0.3, -0.25) is 0 Å². The first-order valence-electron chi connectivity index (χ1n) is 5.65. The van der Waals surface area contributed by atoms with E-state index in [0.29, 0.717) is 0 Å². The normalized spacial score (nSPS) is 19.7. The Morgan fingerprint density at radius 2 is 2.50 bits per heavy atom. The van der Waals surface area contributed by atoms with Crippen LogP contribution in [0.5, 0.6) is 0 Å². The molecule has 3 heterocycles. The molecular formula is C11H15N5. The van der Waals surface area contributed by atoms with Crippen molar-refractivity contribution in [2.24, 2.45) is 0 Å². The molecule has 1 unspecified atom stereocenters. The maximum Gasteiger partial charge on any atom is 0.0948 e. The van der Waals surface area contributed by atoms with Crippen molar-refractivity contribution in [2.45, 2.75) is 25.9 Å². The van der Waals surface area contributed by atoms with Crippen molar-refractivity contribution in [1.82, 2.24) is 24.8 Å².